The van der Waals surface area contributed by atoms with Gasteiger partial charge in [-0.2, -0.15) is 0 Å². The first-order valence-corrected chi connectivity index (χ1v) is 4.74. The Morgan fingerprint density at radius 1 is 1.67 bits per heavy atom. The Morgan fingerprint density at radius 3 is 3.07 bits per heavy atom. The largest absolute Gasteiger partial charge is 0.493 e. The molecule has 0 amide bonds. The van der Waals surface area contributed by atoms with Crippen molar-refractivity contribution in [3.63, 3.8) is 0 Å². The van der Waals surface area contributed by atoms with Crippen molar-refractivity contribution in [2.45, 2.75) is 12.8 Å². The minimum absolute atomic E-state index is 0.182. The van der Waals surface area contributed by atoms with Gasteiger partial charge in [-0.15, -0.1) is 0 Å². The number of aliphatic carboxylic acids is 1. The van der Waals surface area contributed by atoms with E-state index in [-0.39, 0.29) is 11.7 Å². The van der Waals surface area contributed by atoms with E-state index in [1.54, 1.807) is 13.0 Å². The summed E-state index contributed by atoms with van der Waals surface area (Å²) in [5, 5.41) is 8.89. The van der Waals surface area contributed by atoms with E-state index < -0.39 is 11.9 Å². The van der Waals surface area contributed by atoms with Gasteiger partial charge in [-0.25, -0.2) is 4.39 Å². The van der Waals surface area contributed by atoms with E-state index >= 15 is 0 Å². The summed E-state index contributed by atoms with van der Waals surface area (Å²) in [6.45, 7) is 1.95. The molecule has 1 heterocycles. The number of carboxylic acid groups (broad SMARTS) is 1. The number of rotatable bonds is 2. The van der Waals surface area contributed by atoms with E-state index in [0.717, 1.165) is 5.56 Å². The third-order valence-corrected chi connectivity index (χ3v) is 2.79. The molecule has 4 heteroatoms. The molecule has 1 aromatic rings. The molecule has 80 valence electrons. The summed E-state index contributed by atoms with van der Waals surface area (Å²) in [6.07, 6.45) is 0. The summed E-state index contributed by atoms with van der Waals surface area (Å²) in [4.78, 5) is 10.8. The van der Waals surface area contributed by atoms with E-state index in [1.807, 2.05) is 0 Å². The molecule has 0 aliphatic carbocycles. The molecular weight excluding hydrogens is 199 g/mol. The maximum Gasteiger partial charge on any atom is 0.306 e. The summed E-state index contributed by atoms with van der Waals surface area (Å²) >= 11 is 0. The van der Waals surface area contributed by atoms with Crippen molar-refractivity contribution in [2.24, 2.45) is 5.92 Å². The van der Waals surface area contributed by atoms with Crippen LogP contribution in [0.2, 0.25) is 0 Å². The molecule has 0 saturated heterocycles. The second-order valence-corrected chi connectivity index (χ2v) is 3.73. The predicted octanol–water partition coefficient (Wildman–Crippen LogP) is 2.02. The number of hydrogen-bond donors (Lipinski definition) is 1. The fourth-order valence-electron chi connectivity index (χ4n) is 1.79. The zero-order valence-corrected chi connectivity index (χ0v) is 8.24. The van der Waals surface area contributed by atoms with Crippen LogP contribution in [0.4, 0.5) is 4.39 Å². The topological polar surface area (TPSA) is 46.5 Å². The van der Waals surface area contributed by atoms with Crippen molar-refractivity contribution in [1.82, 2.24) is 0 Å². The molecule has 0 spiro atoms. The number of fused-ring (bicyclic) bond motifs is 1. The van der Waals surface area contributed by atoms with Crippen LogP contribution in [0.15, 0.2) is 18.2 Å². The van der Waals surface area contributed by atoms with Crippen LogP contribution < -0.4 is 4.74 Å². The molecule has 1 aromatic carbocycles. The number of carboxylic acids is 1. The molecule has 0 aromatic heterocycles. The summed E-state index contributed by atoms with van der Waals surface area (Å²) < 4.78 is 18.1. The molecule has 3 nitrogen and oxygen atoms in total. The van der Waals surface area contributed by atoms with Crippen LogP contribution in [-0.2, 0) is 4.79 Å². The highest BCUT2D eigenvalue weighted by Gasteiger charge is 2.32. The molecule has 0 bridgehead atoms. The number of ether oxygens (including phenoxy) is 1. The third kappa shape index (κ3) is 1.67. The minimum atomic E-state index is -0.860. The van der Waals surface area contributed by atoms with Crippen molar-refractivity contribution >= 4 is 5.97 Å². The van der Waals surface area contributed by atoms with Gasteiger partial charge in [0, 0.05) is 17.5 Å². The Kier molecular flexibility index (Phi) is 2.34. The average molecular weight is 210 g/mol. The normalized spacial score (nSPS) is 20.5. The molecule has 0 saturated carbocycles. The van der Waals surface area contributed by atoms with Crippen LogP contribution in [0, 0.1) is 11.7 Å². The molecule has 15 heavy (non-hydrogen) atoms. The first-order chi connectivity index (χ1) is 7.09. The van der Waals surface area contributed by atoms with Crippen molar-refractivity contribution < 1.29 is 19.0 Å². The quantitative estimate of drug-likeness (QED) is 0.812. The summed E-state index contributed by atoms with van der Waals surface area (Å²) in [6, 6.07) is 4.22. The predicted molar refractivity (Wildman–Crippen MR) is 51.4 cm³/mol. The fourth-order valence-corrected chi connectivity index (χ4v) is 1.79. The van der Waals surface area contributed by atoms with E-state index in [9.17, 15) is 9.18 Å². The van der Waals surface area contributed by atoms with Crippen LogP contribution in [0.3, 0.4) is 0 Å². The number of carbonyl (C=O) groups is 1. The number of benzene rings is 1. The lowest BCUT2D eigenvalue weighted by Gasteiger charge is -2.13. The third-order valence-electron chi connectivity index (χ3n) is 2.79. The Labute approximate surface area is 86.5 Å². The highest BCUT2D eigenvalue weighted by molar-refractivity contribution is 5.71. The minimum Gasteiger partial charge on any atom is -0.493 e. The highest BCUT2D eigenvalue weighted by Crippen LogP contribution is 2.38. The molecule has 2 unspecified atom stereocenters. The van der Waals surface area contributed by atoms with E-state index in [4.69, 9.17) is 9.84 Å². The summed E-state index contributed by atoms with van der Waals surface area (Å²) in [7, 11) is 0. The molecular formula is C11H11FO3. The van der Waals surface area contributed by atoms with Crippen LogP contribution in [0.25, 0.3) is 0 Å². The monoisotopic (exact) mass is 210 g/mol. The van der Waals surface area contributed by atoms with E-state index in [1.165, 1.54) is 12.1 Å². The van der Waals surface area contributed by atoms with Gasteiger partial charge in [0.05, 0.1) is 12.5 Å². The van der Waals surface area contributed by atoms with Crippen molar-refractivity contribution in [3.8, 4) is 5.75 Å². The maximum absolute atomic E-state index is 12.9. The highest BCUT2D eigenvalue weighted by atomic mass is 19.1. The Balaban J connectivity index is 2.32. The molecule has 1 N–H and O–H groups in total. The lowest BCUT2D eigenvalue weighted by Crippen LogP contribution is -2.19. The van der Waals surface area contributed by atoms with Crippen molar-refractivity contribution in [1.29, 1.82) is 0 Å². The van der Waals surface area contributed by atoms with Crippen molar-refractivity contribution in [2.75, 3.05) is 6.61 Å². The Bertz CT molecular complexity index is 403. The average Bonchev–Trinajstić information content (AvgIpc) is 2.59. The van der Waals surface area contributed by atoms with Gasteiger partial charge in [0.2, 0.25) is 0 Å². The second kappa shape index (κ2) is 3.53. The molecule has 2 atom stereocenters. The smallest absolute Gasteiger partial charge is 0.306 e. The van der Waals surface area contributed by atoms with Crippen LogP contribution >= 0.6 is 0 Å². The van der Waals surface area contributed by atoms with Crippen LogP contribution in [-0.4, -0.2) is 17.7 Å². The van der Waals surface area contributed by atoms with Gasteiger partial charge >= 0.3 is 5.97 Å². The van der Waals surface area contributed by atoms with E-state index in [2.05, 4.69) is 0 Å². The molecule has 0 radical (unpaired) electrons. The first-order valence-electron chi connectivity index (χ1n) is 4.74. The number of halogens is 1. The van der Waals surface area contributed by atoms with Gasteiger partial charge in [0.1, 0.15) is 11.6 Å². The van der Waals surface area contributed by atoms with E-state index in [0.29, 0.717) is 12.4 Å². The SMILES string of the molecule is CC(C(=O)O)C1COc2cc(F)ccc21. The first kappa shape index (κ1) is 9.96. The van der Waals surface area contributed by atoms with Gasteiger partial charge in [-0.3, -0.25) is 4.79 Å². The van der Waals surface area contributed by atoms with Crippen LogP contribution in [0.5, 0.6) is 5.75 Å². The molecule has 1 aliphatic heterocycles. The van der Waals surface area contributed by atoms with Crippen LogP contribution in [0.1, 0.15) is 18.4 Å². The van der Waals surface area contributed by atoms with Gasteiger partial charge in [0.15, 0.2) is 0 Å². The standard InChI is InChI=1S/C11H11FO3/c1-6(11(13)14)9-5-15-10-4-7(12)2-3-8(9)10/h2-4,6,9H,5H2,1H3,(H,13,14). The lowest BCUT2D eigenvalue weighted by molar-refractivity contribution is -0.142. The van der Waals surface area contributed by atoms with Gasteiger partial charge in [0.25, 0.3) is 0 Å². The van der Waals surface area contributed by atoms with Gasteiger partial charge < -0.3 is 9.84 Å². The molecule has 1 aliphatic rings. The Morgan fingerprint density at radius 2 is 2.40 bits per heavy atom. The van der Waals surface area contributed by atoms with Gasteiger partial charge in [-0.05, 0) is 6.07 Å². The summed E-state index contributed by atoms with van der Waals surface area (Å²) in [5.41, 5.74) is 0.784. The Hall–Kier alpha value is -1.58. The maximum atomic E-state index is 12.9. The zero-order chi connectivity index (χ0) is 11.0. The lowest BCUT2D eigenvalue weighted by atomic mass is 9.89. The zero-order valence-electron chi connectivity index (χ0n) is 8.24. The molecule has 2 rings (SSSR count). The number of hydrogen-bond acceptors (Lipinski definition) is 2. The second-order valence-electron chi connectivity index (χ2n) is 3.73. The fraction of sp³-hybridized carbons (Fsp3) is 0.364. The van der Waals surface area contributed by atoms with Crippen molar-refractivity contribution in [3.05, 3.63) is 29.6 Å². The molecule has 0 fully saturated rings. The van der Waals surface area contributed by atoms with Gasteiger partial charge in [-0.1, -0.05) is 13.0 Å². The summed E-state index contributed by atoms with van der Waals surface area (Å²) in [5.74, 6) is -1.46.